The molecule has 1 aliphatic rings. The van der Waals surface area contributed by atoms with Gasteiger partial charge in [0.1, 0.15) is 5.69 Å². The predicted octanol–water partition coefficient (Wildman–Crippen LogP) is 1.98. The second-order valence-electron chi connectivity index (χ2n) is 5.12. The van der Waals surface area contributed by atoms with Crippen LogP contribution in [-0.2, 0) is 5.41 Å². The average Bonchev–Trinajstić information content (AvgIpc) is 2.56. The van der Waals surface area contributed by atoms with Crippen molar-refractivity contribution in [3.05, 3.63) is 60.2 Å². The summed E-state index contributed by atoms with van der Waals surface area (Å²) in [6.45, 7) is 1.70. The quantitative estimate of drug-likeness (QED) is 0.864. The number of carbonyl (C=O) groups is 1. The maximum absolute atomic E-state index is 13.0. The van der Waals surface area contributed by atoms with Crippen molar-refractivity contribution in [3.63, 3.8) is 0 Å². The number of rotatable bonds is 3. The first kappa shape index (κ1) is 12.9. The van der Waals surface area contributed by atoms with E-state index in [1.165, 1.54) is 0 Å². The topological polar surface area (TPSA) is 54.9 Å². The number of Topliss-reactive ketones (excluding diaryl/α,β-unsaturated/α-hetero) is 1. The molecule has 0 aliphatic carbocycles. The third kappa shape index (κ3) is 2.23. The number of carbonyl (C=O) groups excluding carboxylic acids is 1. The average molecular weight is 267 g/mol. The lowest BCUT2D eigenvalue weighted by molar-refractivity contribution is 0.0841. The van der Waals surface area contributed by atoms with Gasteiger partial charge in [-0.25, -0.2) is 4.98 Å². The number of aromatic nitrogens is 2. The SMILES string of the molecule is O=C(c1cnccn1)C1(c2ccccc2)CCNCC1. The molecule has 0 atom stereocenters. The normalized spacial score (nSPS) is 17.6. The van der Waals surface area contributed by atoms with Gasteiger partial charge in [-0.3, -0.25) is 9.78 Å². The second kappa shape index (κ2) is 5.51. The van der Waals surface area contributed by atoms with Crippen LogP contribution in [0.15, 0.2) is 48.9 Å². The highest BCUT2D eigenvalue weighted by Crippen LogP contribution is 2.36. The van der Waals surface area contributed by atoms with Crippen LogP contribution in [0.1, 0.15) is 28.9 Å². The monoisotopic (exact) mass is 267 g/mol. The van der Waals surface area contributed by atoms with Crippen LogP contribution in [0.25, 0.3) is 0 Å². The Labute approximate surface area is 118 Å². The zero-order chi connectivity index (χ0) is 13.8. The Kier molecular flexibility index (Phi) is 3.56. The highest BCUT2D eigenvalue weighted by Gasteiger charge is 2.42. The Bertz CT molecular complexity index is 577. The van der Waals surface area contributed by atoms with E-state index >= 15 is 0 Å². The van der Waals surface area contributed by atoms with E-state index in [-0.39, 0.29) is 5.78 Å². The maximum Gasteiger partial charge on any atom is 0.193 e. The molecule has 1 fully saturated rings. The van der Waals surface area contributed by atoms with E-state index in [0.717, 1.165) is 31.5 Å². The van der Waals surface area contributed by atoms with Gasteiger partial charge in [-0.15, -0.1) is 0 Å². The Morgan fingerprint density at radius 3 is 2.50 bits per heavy atom. The zero-order valence-electron chi connectivity index (χ0n) is 11.2. The van der Waals surface area contributed by atoms with Crippen molar-refractivity contribution in [3.8, 4) is 0 Å². The predicted molar refractivity (Wildman–Crippen MR) is 76.6 cm³/mol. The van der Waals surface area contributed by atoms with Gasteiger partial charge in [0.15, 0.2) is 5.78 Å². The number of hydrogen-bond donors (Lipinski definition) is 1. The van der Waals surface area contributed by atoms with Crippen LogP contribution in [0.2, 0.25) is 0 Å². The molecule has 1 aliphatic heterocycles. The summed E-state index contributed by atoms with van der Waals surface area (Å²) in [5.74, 6) is 0.0818. The molecule has 0 bridgehead atoms. The molecule has 0 saturated carbocycles. The van der Waals surface area contributed by atoms with E-state index in [4.69, 9.17) is 0 Å². The first-order valence-electron chi connectivity index (χ1n) is 6.90. The number of nitrogens with zero attached hydrogens (tertiary/aromatic N) is 2. The third-order valence-electron chi connectivity index (χ3n) is 4.01. The van der Waals surface area contributed by atoms with E-state index in [1.54, 1.807) is 18.6 Å². The second-order valence-corrected chi connectivity index (χ2v) is 5.12. The van der Waals surface area contributed by atoms with Gasteiger partial charge in [-0.1, -0.05) is 30.3 Å². The van der Waals surface area contributed by atoms with Gasteiger partial charge in [0.2, 0.25) is 0 Å². The highest BCUT2D eigenvalue weighted by molar-refractivity contribution is 6.02. The molecule has 3 rings (SSSR count). The molecule has 0 spiro atoms. The third-order valence-corrected chi connectivity index (χ3v) is 4.01. The largest absolute Gasteiger partial charge is 0.317 e. The number of benzene rings is 1. The van der Waals surface area contributed by atoms with Crippen LogP contribution in [0.4, 0.5) is 0 Å². The summed E-state index contributed by atoms with van der Waals surface area (Å²) in [6.07, 6.45) is 6.33. The molecule has 4 heteroatoms. The highest BCUT2D eigenvalue weighted by atomic mass is 16.1. The van der Waals surface area contributed by atoms with Crippen molar-refractivity contribution >= 4 is 5.78 Å². The van der Waals surface area contributed by atoms with Gasteiger partial charge in [-0.05, 0) is 31.5 Å². The van der Waals surface area contributed by atoms with Crippen molar-refractivity contribution in [2.45, 2.75) is 18.3 Å². The Morgan fingerprint density at radius 1 is 1.10 bits per heavy atom. The van der Waals surface area contributed by atoms with Gasteiger partial charge in [-0.2, -0.15) is 0 Å². The van der Waals surface area contributed by atoms with Gasteiger partial charge >= 0.3 is 0 Å². The lowest BCUT2D eigenvalue weighted by Gasteiger charge is -2.36. The molecule has 0 unspecified atom stereocenters. The number of ketones is 1. The molecule has 1 aromatic heterocycles. The van der Waals surface area contributed by atoms with Crippen LogP contribution in [-0.4, -0.2) is 28.8 Å². The van der Waals surface area contributed by atoms with Crippen molar-refractivity contribution in [2.24, 2.45) is 0 Å². The molecular formula is C16H17N3O. The maximum atomic E-state index is 13.0. The lowest BCUT2D eigenvalue weighted by Crippen LogP contribution is -2.45. The molecule has 1 aromatic carbocycles. The van der Waals surface area contributed by atoms with Crippen LogP contribution in [0.5, 0.6) is 0 Å². The van der Waals surface area contributed by atoms with E-state index in [9.17, 15) is 4.79 Å². The van der Waals surface area contributed by atoms with Crippen molar-refractivity contribution in [1.82, 2.24) is 15.3 Å². The number of nitrogens with one attached hydrogen (secondary N) is 1. The standard InChI is InChI=1S/C16H17N3O/c20-15(14-12-18-10-11-19-14)16(6-8-17-9-7-16)13-4-2-1-3-5-13/h1-5,10-12,17H,6-9H2. The molecule has 4 nitrogen and oxygen atoms in total. The Balaban J connectivity index is 2.05. The van der Waals surface area contributed by atoms with E-state index in [0.29, 0.717) is 5.69 Å². The van der Waals surface area contributed by atoms with Crippen molar-refractivity contribution in [2.75, 3.05) is 13.1 Å². The zero-order valence-corrected chi connectivity index (χ0v) is 11.2. The summed E-state index contributed by atoms with van der Waals surface area (Å²) in [5.41, 5.74) is 1.07. The van der Waals surface area contributed by atoms with Crippen LogP contribution in [0.3, 0.4) is 0 Å². The smallest absolute Gasteiger partial charge is 0.193 e. The van der Waals surface area contributed by atoms with Crippen LogP contribution < -0.4 is 5.32 Å². The minimum absolute atomic E-state index is 0.0818. The minimum atomic E-state index is -0.470. The fourth-order valence-corrected chi connectivity index (χ4v) is 2.92. The molecule has 102 valence electrons. The van der Waals surface area contributed by atoms with E-state index in [1.807, 2.05) is 30.3 Å². The lowest BCUT2D eigenvalue weighted by atomic mass is 9.69. The molecular weight excluding hydrogens is 250 g/mol. The van der Waals surface area contributed by atoms with E-state index < -0.39 is 5.41 Å². The van der Waals surface area contributed by atoms with Gasteiger partial charge in [0.05, 0.1) is 11.6 Å². The molecule has 2 heterocycles. The summed E-state index contributed by atoms with van der Waals surface area (Å²) in [4.78, 5) is 21.2. The van der Waals surface area contributed by atoms with Crippen LogP contribution in [0, 0.1) is 0 Å². The molecule has 1 saturated heterocycles. The summed E-state index contributed by atoms with van der Waals surface area (Å²) >= 11 is 0. The fourth-order valence-electron chi connectivity index (χ4n) is 2.92. The van der Waals surface area contributed by atoms with Gasteiger partial charge < -0.3 is 5.32 Å². The molecule has 0 radical (unpaired) electrons. The summed E-state index contributed by atoms with van der Waals surface area (Å²) in [6, 6.07) is 10.0. The first-order valence-corrected chi connectivity index (χ1v) is 6.90. The van der Waals surface area contributed by atoms with Crippen molar-refractivity contribution in [1.29, 1.82) is 0 Å². The Hall–Kier alpha value is -2.07. The van der Waals surface area contributed by atoms with Crippen molar-refractivity contribution < 1.29 is 4.79 Å². The van der Waals surface area contributed by atoms with Crippen LogP contribution >= 0.6 is 0 Å². The number of piperidine rings is 1. The molecule has 2 aromatic rings. The van der Waals surface area contributed by atoms with Gasteiger partial charge in [0, 0.05) is 12.4 Å². The molecule has 20 heavy (non-hydrogen) atoms. The first-order chi connectivity index (χ1) is 9.83. The summed E-state index contributed by atoms with van der Waals surface area (Å²) in [7, 11) is 0. The summed E-state index contributed by atoms with van der Waals surface area (Å²) < 4.78 is 0. The summed E-state index contributed by atoms with van der Waals surface area (Å²) in [5, 5.41) is 3.33. The fraction of sp³-hybridized carbons (Fsp3) is 0.312. The molecule has 0 amide bonds. The number of hydrogen-bond acceptors (Lipinski definition) is 4. The van der Waals surface area contributed by atoms with Gasteiger partial charge in [0.25, 0.3) is 0 Å². The molecule has 1 N–H and O–H groups in total. The Morgan fingerprint density at radius 2 is 1.85 bits per heavy atom. The van der Waals surface area contributed by atoms with E-state index in [2.05, 4.69) is 15.3 Å². The minimum Gasteiger partial charge on any atom is -0.317 e.